The third-order valence-electron chi connectivity index (χ3n) is 4.53. The van der Waals surface area contributed by atoms with Gasteiger partial charge in [0.15, 0.2) is 0 Å². The Bertz CT molecular complexity index is 518. The van der Waals surface area contributed by atoms with Crippen LogP contribution in [0.15, 0.2) is 30.0 Å². The summed E-state index contributed by atoms with van der Waals surface area (Å²) >= 11 is 0. The van der Waals surface area contributed by atoms with Crippen LogP contribution in [-0.2, 0) is 4.79 Å². The molecule has 0 unspecified atom stereocenters. The van der Waals surface area contributed by atoms with E-state index in [1.807, 2.05) is 26.0 Å². The number of allylic oxidation sites excluding steroid dienone is 1. The molecular formula is C19H29N3O. The molecule has 0 fully saturated rings. The minimum Gasteiger partial charge on any atom is -0.383 e. The third kappa shape index (κ3) is 5.70. The molecule has 2 rings (SSSR count). The van der Waals surface area contributed by atoms with E-state index in [0.29, 0.717) is 5.82 Å². The highest BCUT2D eigenvalue weighted by atomic mass is 16.1. The molecule has 1 aliphatic rings. The van der Waals surface area contributed by atoms with Crippen molar-refractivity contribution in [2.45, 2.75) is 58.8 Å². The van der Waals surface area contributed by atoms with Gasteiger partial charge in [-0.25, -0.2) is 4.98 Å². The van der Waals surface area contributed by atoms with E-state index in [9.17, 15) is 4.79 Å². The molecular weight excluding hydrogens is 286 g/mol. The predicted octanol–water partition coefficient (Wildman–Crippen LogP) is 4.76. The number of hydrogen-bond donors (Lipinski definition) is 2. The second kappa shape index (κ2) is 9.33. The molecule has 0 aromatic carbocycles. The van der Waals surface area contributed by atoms with Crippen molar-refractivity contribution in [2.75, 3.05) is 17.2 Å². The number of anilines is 2. The Kier molecular flexibility index (Phi) is 7.11. The number of nitrogens with zero attached hydrogens (tertiary/aromatic N) is 1. The van der Waals surface area contributed by atoms with E-state index in [0.717, 1.165) is 31.5 Å². The van der Waals surface area contributed by atoms with E-state index in [1.165, 1.54) is 25.7 Å². The summed E-state index contributed by atoms with van der Waals surface area (Å²) in [6.07, 6.45) is 12.2. The van der Waals surface area contributed by atoms with E-state index in [4.69, 9.17) is 0 Å². The van der Waals surface area contributed by atoms with Gasteiger partial charge in [-0.1, -0.05) is 25.5 Å². The molecule has 0 saturated heterocycles. The van der Waals surface area contributed by atoms with Crippen LogP contribution in [0.1, 0.15) is 58.8 Å². The van der Waals surface area contributed by atoms with Crippen molar-refractivity contribution in [1.82, 2.24) is 4.98 Å². The van der Waals surface area contributed by atoms with Crippen LogP contribution in [0.25, 0.3) is 0 Å². The van der Waals surface area contributed by atoms with Crippen molar-refractivity contribution in [3.8, 4) is 0 Å². The average molecular weight is 315 g/mol. The SMILES string of the molecule is CCC(CC)C(=O)Nc1ccc(NCCC2=CCCCC2)cn1. The van der Waals surface area contributed by atoms with Crippen LogP contribution in [0.5, 0.6) is 0 Å². The zero-order valence-corrected chi connectivity index (χ0v) is 14.4. The first-order chi connectivity index (χ1) is 11.2. The first kappa shape index (κ1) is 17.5. The molecule has 2 N–H and O–H groups in total. The van der Waals surface area contributed by atoms with E-state index >= 15 is 0 Å². The van der Waals surface area contributed by atoms with Gasteiger partial charge >= 0.3 is 0 Å². The summed E-state index contributed by atoms with van der Waals surface area (Å²) in [5.41, 5.74) is 2.58. The largest absolute Gasteiger partial charge is 0.383 e. The summed E-state index contributed by atoms with van der Waals surface area (Å²) in [6.45, 7) is 5.01. The maximum atomic E-state index is 12.0. The monoisotopic (exact) mass is 315 g/mol. The molecule has 1 heterocycles. The van der Waals surface area contributed by atoms with Crippen molar-refractivity contribution in [1.29, 1.82) is 0 Å². The fourth-order valence-corrected chi connectivity index (χ4v) is 2.96. The zero-order chi connectivity index (χ0) is 16.5. The molecule has 1 aromatic heterocycles. The lowest BCUT2D eigenvalue weighted by Crippen LogP contribution is -2.22. The Morgan fingerprint density at radius 2 is 2.09 bits per heavy atom. The van der Waals surface area contributed by atoms with Crippen molar-refractivity contribution < 1.29 is 4.79 Å². The van der Waals surface area contributed by atoms with Gasteiger partial charge in [-0.3, -0.25) is 4.79 Å². The summed E-state index contributed by atoms with van der Waals surface area (Å²) in [7, 11) is 0. The second-order valence-electron chi connectivity index (χ2n) is 6.22. The minimum absolute atomic E-state index is 0.0624. The highest BCUT2D eigenvalue weighted by molar-refractivity contribution is 5.91. The number of carbonyl (C=O) groups is 1. The number of hydrogen-bond acceptors (Lipinski definition) is 3. The molecule has 0 saturated carbocycles. The first-order valence-corrected chi connectivity index (χ1v) is 8.91. The smallest absolute Gasteiger partial charge is 0.228 e. The fraction of sp³-hybridized carbons (Fsp3) is 0.579. The maximum Gasteiger partial charge on any atom is 0.228 e. The Balaban J connectivity index is 1.77. The summed E-state index contributed by atoms with van der Waals surface area (Å²) in [6, 6.07) is 3.84. The second-order valence-corrected chi connectivity index (χ2v) is 6.22. The first-order valence-electron chi connectivity index (χ1n) is 8.91. The molecule has 4 nitrogen and oxygen atoms in total. The normalized spacial score (nSPS) is 14.5. The Morgan fingerprint density at radius 1 is 1.26 bits per heavy atom. The molecule has 1 aliphatic carbocycles. The van der Waals surface area contributed by atoms with Crippen LogP contribution in [0.3, 0.4) is 0 Å². The van der Waals surface area contributed by atoms with E-state index in [-0.39, 0.29) is 11.8 Å². The lowest BCUT2D eigenvalue weighted by Gasteiger charge is -2.14. The molecule has 0 radical (unpaired) electrons. The van der Waals surface area contributed by atoms with Crippen LogP contribution < -0.4 is 10.6 Å². The molecule has 0 atom stereocenters. The molecule has 126 valence electrons. The van der Waals surface area contributed by atoms with Gasteiger partial charge in [-0.05, 0) is 57.1 Å². The van der Waals surface area contributed by atoms with Crippen molar-refractivity contribution in [3.63, 3.8) is 0 Å². The molecule has 1 aromatic rings. The van der Waals surface area contributed by atoms with Crippen molar-refractivity contribution in [3.05, 3.63) is 30.0 Å². The Morgan fingerprint density at radius 3 is 2.70 bits per heavy atom. The van der Waals surface area contributed by atoms with Crippen molar-refractivity contribution in [2.24, 2.45) is 5.92 Å². The summed E-state index contributed by atoms with van der Waals surface area (Å²) in [4.78, 5) is 16.4. The summed E-state index contributed by atoms with van der Waals surface area (Å²) < 4.78 is 0. The zero-order valence-electron chi connectivity index (χ0n) is 14.4. The van der Waals surface area contributed by atoms with E-state index < -0.39 is 0 Å². The van der Waals surface area contributed by atoms with Gasteiger partial charge in [0.2, 0.25) is 5.91 Å². The van der Waals surface area contributed by atoms with Gasteiger partial charge < -0.3 is 10.6 Å². The predicted molar refractivity (Wildman–Crippen MR) is 96.6 cm³/mol. The number of carbonyl (C=O) groups excluding carboxylic acids is 1. The number of rotatable bonds is 8. The molecule has 0 spiro atoms. The molecule has 4 heteroatoms. The average Bonchev–Trinajstić information content (AvgIpc) is 2.58. The third-order valence-corrected chi connectivity index (χ3v) is 4.53. The number of amides is 1. The van der Waals surface area contributed by atoms with E-state index in [2.05, 4.69) is 21.7 Å². The van der Waals surface area contributed by atoms with Gasteiger partial charge in [0.1, 0.15) is 5.82 Å². The van der Waals surface area contributed by atoms with Crippen LogP contribution in [0, 0.1) is 5.92 Å². The number of pyridine rings is 1. The number of aromatic nitrogens is 1. The molecule has 23 heavy (non-hydrogen) atoms. The Hall–Kier alpha value is -1.84. The molecule has 0 bridgehead atoms. The standard InChI is InChI=1S/C19H29N3O/c1-3-16(4-2)19(23)22-18-11-10-17(14-21-18)20-13-12-15-8-6-5-7-9-15/h8,10-11,14,16,20H,3-7,9,12-13H2,1-2H3,(H,21,22,23). The maximum absolute atomic E-state index is 12.0. The number of nitrogens with one attached hydrogen (secondary N) is 2. The van der Waals surface area contributed by atoms with Gasteiger partial charge in [-0.2, -0.15) is 0 Å². The summed E-state index contributed by atoms with van der Waals surface area (Å²) in [5, 5.41) is 6.29. The van der Waals surface area contributed by atoms with Gasteiger partial charge in [0, 0.05) is 12.5 Å². The van der Waals surface area contributed by atoms with Crippen LogP contribution in [0.2, 0.25) is 0 Å². The highest BCUT2D eigenvalue weighted by Crippen LogP contribution is 2.20. The topological polar surface area (TPSA) is 54.0 Å². The lowest BCUT2D eigenvalue weighted by molar-refractivity contribution is -0.120. The van der Waals surface area contributed by atoms with Crippen LogP contribution in [0.4, 0.5) is 11.5 Å². The molecule has 1 amide bonds. The van der Waals surface area contributed by atoms with Gasteiger partial charge in [0.25, 0.3) is 0 Å². The van der Waals surface area contributed by atoms with Gasteiger partial charge in [-0.15, -0.1) is 0 Å². The minimum atomic E-state index is 0.0624. The van der Waals surface area contributed by atoms with Crippen molar-refractivity contribution >= 4 is 17.4 Å². The quantitative estimate of drug-likeness (QED) is 0.680. The van der Waals surface area contributed by atoms with E-state index in [1.54, 1.807) is 11.8 Å². The lowest BCUT2D eigenvalue weighted by atomic mass is 9.97. The fourth-order valence-electron chi connectivity index (χ4n) is 2.96. The summed E-state index contributed by atoms with van der Waals surface area (Å²) in [5.74, 6) is 0.758. The molecule has 0 aliphatic heterocycles. The van der Waals surface area contributed by atoms with Crippen LogP contribution in [-0.4, -0.2) is 17.4 Å². The van der Waals surface area contributed by atoms with Gasteiger partial charge in [0.05, 0.1) is 11.9 Å². The Labute approximate surface area is 139 Å². The van der Waals surface area contributed by atoms with Crippen LogP contribution >= 0.6 is 0 Å². The highest BCUT2D eigenvalue weighted by Gasteiger charge is 2.14.